The Kier molecular flexibility index (Phi) is 4.60. The number of aryl methyl sites for hydroxylation is 2. The number of hydrogen-bond donors (Lipinski definition) is 0. The van der Waals surface area contributed by atoms with Crippen LogP contribution in [0.15, 0.2) is 0 Å². The summed E-state index contributed by atoms with van der Waals surface area (Å²) in [6.45, 7) is 7.00. The first-order valence-electron chi connectivity index (χ1n) is 6.95. The third-order valence-corrected chi connectivity index (χ3v) is 3.52. The summed E-state index contributed by atoms with van der Waals surface area (Å²) < 4.78 is 8.01. The predicted molar refractivity (Wildman–Crippen MR) is 69.3 cm³/mol. The van der Waals surface area contributed by atoms with E-state index in [-0.39, 0.29) is 0 Å². The zero-order chi connectivity index (χ0) is 12.1. The molecular formula is C14H24N2O. The minimum absolute atomic E-state index is 0.823. The van der Waals surface area contributed by atoms with E-state index in [1.54, 1.807) is 0 Å². The second kappa shape index (κ2) is 6.20. The third kappa shape index (κ3) is 3.09. The summed E-state index contributed by atoms with van der Waals surface area (Å²) in [6.07, 6.45) is 7.36. The topological polar surface area (TPSA) is 27.1 Å². The van der Waals surface area contributed by atoms with Gasteiger partial charge in [-0.05, 0) is 39.0 Å². The molecule has 0 fully saturated rings. The number of fused-ring (bicyclic) bond motifs is 1. The van der Waals surface area contributed by atoms with Crippen LogP contribution < -0.4 is 0 Å². The average molecular weight is 236 g/mol. The molecule has 1 aliphatic carbocycles. The Balaban J connectivity index is 1.89. The molecule has 0 saturated carbocycles. The van der Waals surface area contributed by atoms with Gasteiger partial charge in [-0.2, -0.15) is 0 Å². The second-order valence-electron chi connectivity index (χ2n) is 4.88. The maximum Gasteiger partial charge on any atom is 0.106 e. The smallest absolute Gasteiger partial charge is 0.106 e. The molecule has 0 aliphatic heterocycles. The van der Waals surface area contributed by atoms with Crippen LogP contribution in [-0.2, 0) is 24.1 Å². The SMILES string of the molecule is CCCCOCCn1c(C)nc2c1CCCC2. The summed E-state index contributed by atoms with van der Waals surface area (Å²) in [4.78, 5) is 4.67. The van der Waals surface area contributed by atoms with E-state index in [0.717, 1.165) is 25.6 Å². The summed E-state index contributed by atoms with van der Waals surface area (Å²) >= 11 is 0. The van der Waals surface area contributed by atoms with E-state index >= 15 is 0 Å². The van der Waals surface area contributed by atoms with Gasteiger partial charge in [0, 0.05) is 18.8 Å². The molecule has 0 spiro atoms. The summed E-state index contributed by atoms with van der Waals surface area (Å²) in [5.74, 6) is 1.16. The first-order chi connectivity index (χ1) is 8.33. The van der Waals surface area contributed by atoms with Crippen LogP contribution >= 0.6 is 0 Å². The van der Waals surface area contributed by atoms with Gasteiger partial charge in [0.25, 0.3) is 0 Å². The van der Waals surface area contributed by atoms with E-state index in [1.165, 1.54) is 49.9 Å². The number of aromatic nitrogens is 2. The molecule has 0 aromatic carbocycles. The lowest BCUT2D eigenvalue weighted by Crippen LogP contribution is -2.13. The van der Waals surface area contributed by atoms with E-state index in [1.807, 2.05) is 0 Å². The standard InChI is InChI=1S/C14H24N2O/c1-3-4-10-17-11-9-16-12(2)15-13-7-5-6-8-14(13)16/h3-11H2,1-2H3. The number of nitrogens with zero attached hydrogens (tertiary/aromatic N) is 2. The Morgan fingerprint density at radius 3 is 2.88 bits per heavy atom. The maximum absolute atomic E-state index is 5.64. The molecule has 2 rings (SSSR count). The lowest BCUT2D eigenvalue weighted by atomic mass is 10.0. The van der Waals surface area contributed by atoms with Gasteiger partial charge in [-0.25, -0.2) is 4.98 Å². The van der Waals surface area contributed by atoms with E-state index in [4.69, 9.17) is 4.74 Å². The summed E-state index contributed by atoms with van der Waals surface area (Å²) in [5.41, 5.74) is 2.80. The zero-order valence-corrected chi connectivity index (χ0v) is 11.2. The molecule has 96 valence electrons. The molecule has 1 aromatic heterocycles. The van der Waals surface area contributed by atoms with Crippen LogP contribution in [0.25, 0.3) is 0 Å². The molecule has 0 radical (unpaired) electrons. The molecule has 3 heteroatoms. The first-order valence-corrected chi connectivity index (χ1v) is 6.95. The first kappa shape index (κ1) is 12.6. The Hall–Kier alpha value is -0.830. The third-order valence-electron chi connectivity index (χ3n) is 3.52. The minimum atomic E-state index is 0.823. The van der Waals surface area contributed by atoms with Gasteiger partial charge in [-0.3, -0.25) is 0 Å². The maximum atomic E-state index is 5.64. The van der Waals surface area contributed by atoms with Crippen LogP contribution in [0.4, 0.5) is 0 Å². The molecule has 0 amide bonds. The highest BCUT2D eigenvalue weighted by atomic mass is 16.5. The van der Waals surface area contributed by atoms with Crippen molar-refractivity contribution in [3.05, 3.63) is 17.2 Å². The minimum Gasteiger partial charge on any atom is -0.380 e. The number of ether oxygens (including phenoxy) is 1. The Morgan fingerprint density at radius 2 is 2.06 bits per heavy atom. The van der Waals surface area contributed by atoms with Crippen molar-refractivity contribution >= 4 is 0 Å². The van der Waals surface area contributed by atoms with Crippen molar-refractivity contribution in [3.63, 3.8) is 0 Å². The number of rotatable bonds is 6. The van der Waals surface area contributed by atoms with Crippen molar-refractivity contribution in [3.8, 4) is 0 Å². The number of unbranched alkanes of at least 4 members (excludes halogenated alkanes) is 1. The van der Waals surface area contributed by atoms with Crippen molar-refractivity contribution in [2.45, 2.75) is 58.9 Å². The fourth-order valence-corrected chi connectivity index (χ4v) is 2.54. The highest BCUT2D eigenvalue weighted by Gasteiger charge is 2.17. The fraction of sp³-hybridized carbons (Fsp3) is 0.786. The summed E-state index contributed by atoms with van der Waals surface area (Å²) in [7, 11) is 0. The number of imidazole rings is 1. The molecule has 0 unspecified atom stereocenters. The predicted octanol–water partition coefficient (Wildman–Crippen LogP) is 2.89. The quantitative estimate of drug-likeness (QED) is 0.710. The van der Waals surface area contributed by atoms with Crippen LogP contribution in [0.5, 0.6) is 0 Å². The van der Waals surface area contributed by atoms with Gasteiger partial charge in [0.2, 0.25) is 0 Å². The molecule has 0 N–H and O–H groups in total. The molecule has 1 aromatic rings. The van der Waals surface area contributed by atoms with E-state index in [9.17, 15) is 0 Å². The molecule has 0 saturated heterocycles. The van der Waals surface area contributed by atoms with E-state index in [2.05, 4.69) is 23.4 Å². The highest BCUT2D eigenvalue weighted by molar-refractivity contribution is 5.19. The summed E-state index contributed by atoms with van der Waals surface area (Å²) in [6, 6.07) is 0. The molecule has 0 atom stereocenters. The number of hydrogen-bond acceptors (Lipinski definition) is 2. The van der Waals surface area contributed by atoms with Crippen LogP contribution in [-0.4, -0.2) is 22.8 Å². The van der Waals surface area contributed by atoms with Gasteiger partial charge < -0.3 is 9.30 Å². The van der Waals surface area contributed by atoms with Gasteiger partial charge >= 0.3 is 0 Å². The van der Waals surface area contributed by atoms with Crippen LogP contribution in [0, 0.1) is 6.92 Å². The lowest BCUT2D eigenvalue weighted by Gasteiger charge is -2.14. The van der Waals surface area contributed by atoms with E-state index < -0.39 is 0 Å². The largest absolute Gasteiger partial charge is 0.380 e. The van der Waals surface area contributed by atoms with Gasteiger partial charge in [0.05, 0.1) is 12.3 Å². The summed E-state index contributed by atoms with van der Waals surface area (Å²) in [5, 5.41) is 0. The van der Waals surface area contributed by atoms with Gasteiger partial charge in [-0.1, -0.05) is 13.3 Å². The Bertz CT molecular complexity index is 357. The van der Waals surface area contributed by atoms with Gasteiger partial charge in [0.1, 0.15) is 5.82 Å². The molecule has 1 aliphatic rings. The van der Waals surface area contributed by atoms with Crippen molar-refractivity contribution < 1.29 is 4.74 Å². The van der Waals surface area contributed by atoms with Crippen LogP contribution in [0.1, 0.15) is 49.8 Å². The molecular weight excluding hydrogens is 212 g/mol. The second-order valence-corrected chi connectivity index (χ2v) is 4.88. The van der Waals surface area contributed by atoms with Gasteiger partial charge in [-0.15, -0.1) is 0 Å². The normalized spacial score (nSPS) is 14.9. The monoisotopic (exact) mass is 236 g/mol. The Morgan fingerprint density at radius 1 is 1.24 bits per heavy atom. The molecule has 3 nitrogen and oxygen atoms in total. The van der Waals surface area contributed by atoms with Crippen LogP contribution in [0.2, 0.25) is 0 Å². The van der Waals surface area contributed by atoms with Crippen molar-refractivity contribution in [2.75, 3.05) is 13.2 Å². The van der Waals surface area contributed by atoms with Crippen molar-refractivity contribution in [1.29, 1.82) is 0 Å². The van der Waals surface area contributed by atoms with Gasteiger partial charge in [0.15, 0.2) is 0 Å². The van der Waals surface area contributed by atoms with E-state index in [0.29, 0.717) is 0 Å². The zero-order valence-electron chi connectivity index (χ0n) is 11.2. The molecule has 17 heavy (non-hydrogen) atoms. The van der Waals surface area contributed by atoms with Crippen LogP contribution in [0.3, 0.4) is 0 Å². The molecule has 0 bridgehead atoms. The van der Waals surface area contributed by atoms with Crippen molar-refractivity contribution in [2.24, 2.45) is 0 Å². The molecule has 1 heterocycles. The highest BCUT2D eigenvalue weighted by Crippen LogP contribution is 2.21. The lowest BCUT2D eigenvalue weighted by molar-refractivity contribution is 0.122. The van der Waals surface area contributed by atoms with Crippen molar-refractivity contribution in [1.82, 2.24) is 9.55 Å². The Labute approximate surface area is 104 Å². The fourth-order valence-electron chi connectivity index (χ4n) is 2.54. The average Bonchev–Trinajstić information content (AvgIpc) is 2.65.